The number of aliphatic hydroxyl groups excluding tert-OH is 2. The number of halogens is 1. The van der Waals surface area contributed by atoms with Crippen molar-refractivity contribution in [3.63, 3.8) is 0 Å². The summed E-state index contributed by atoms with van der Waals surface area (Å²) in [6.45, 7) is 2.19. The molecule has 1 aromatic carbocycles. The fraction of sp³-hybridized carbons (Fsp3) is 0.700. The van der Waals surface area contributed by atoms with Gasteiger partial charge in [-0.1, -0.05) is 22.9 Å². The van der Waals surface area contributed by atoms with Crippen molar-refractivity contribution in [1.29, 1.82) is 0 Å². The highest BCUT2D eigenvalue weighted by molar-refractivity contribution is 9.10. The Morgan fingerprint density at radius 2 is 2.08 bits per heavy atom. The number of aliphatic hydroxyl groups is 2. The second-order valence-electron chi connectivity index (χ2n) is 8.95. The lowest BCUT2D eigenvalue weighted by Gasteiger charge is -2.62. The van der Waals surface area contributed by atoms with Crippen molar-refractivity contribution in [2.45, 2.75) is 62.1 Å². The van der Waals surface area contributed by atoms with Gasteiger partial charge in [0, 0.05) is 46.5 Å². The second-order valence-corrected chi connectivity index (χ2v) is 9.87. The van der Waals surface area contributed by atoms with Crippen molar-refractivity contribution in [3.8, 4) is 0 Å². The van der Waals surface area contributed by atoms with E-state index in [9.17, 15) is 10.2 Å². The minimum absolute atomic E-state index is 0.165. The van der Waals surface area contributed by atoms with E-state index in [1.807, 2.05) is 0 Å². The van der Waals surface area contributed by atoms with E-state index in [0.29, 0.717) is 29.8 Å². The summed E-state index contributed by atoms with van der Waals surface area (Å²) < 4.78 is 1.10. The molecule has 134 valence electrons. The van der Waals surface area contributed by atoms with Gasteiger partial charge >= 0.3 is 0 Å². The summed E-state index contributed by atoms with van der Waals surface area (Å²) >= 11 is 3.65. The predicted molar refractivity (Wildman–Crippen MR) is 99.4 cm³/mol. The first kappa shape index (κ1) is 15.4. The van der Waals surface area contributed by atoms with Gasteiger partial charge in [-0.2, -0.15) is 0 Å². The molecule has 2 N–H and O–H groups in total. The molecule has 5 bridgehead atoms. The molecule has 4 saturated heterocycles. The van der Waals surface area contributed by atoms with Crippen molar-refractivity contribution in [2.24, 2.45) is 17.8 Å². The molecule has 5 heterocycles. The van der Waals surface area contributed by atoms with Gasteiger partial charge in [-0.3, -0.25) is 4.90 Å². The maximum atomic E-state index is 11.7. The van der Waals surface area contributed by atoms with E-state index >= 15 is 0 Å². The fourth-order valence-electron chi connectivity index (χ4n) is 7.89. The number of anilines is 1. The Balaban J connectivity index is 1.59. The number of nitrogens with zero attached hydrogens (tertiary/aromatic N) is 2. The molecule has 6 aliphatic rings. The summed E-state index contributed by atoms with van der Waals surface area (Å²) in [5.41, 5.74) is 2.42. The molecule has 4 nitrogen and oxygen atoms in total. The summed E-state index contributed by atoms with van der Waals surface area (Å²) in [4.78, 5) is 4.82. The van der Waals surface area contributed by atoms with Crippen LogP contribution in [0.5, 0.6) is 0 Å². The van der Waals surface area contributed by atoms with Crippen LogP contribution in [-0.2, 0) is 5.41 Å². The van der Waals surface area contributed by atoms with Gasteiger partial charge in [-0.05, 0) is 48.9 Å². The van der Waals surface area contributed by atoms with Crippen molar-refractivity contribution >= 4 is 21.6 Å². The molecule has 1 aliphatic carbocycles. The molecule has 1 saturated carbocycles. The zero-order chi connectivity index (χ0) is 17.2. The van der Waals surface area contributed by atoms with Crippen LogP contribution in [0.15, 0.2) is 22.7 Å². The minimum atomic E-state index is -0.331. The van der Waals surface area contributed by atoms with Gasteiger partial charge in [-0.25, -0.2) is 0 Å². The van der Waals surface area contributed by atoms with Crippen molar-refractivity contribution in [3.05, 3.63) is 28.2 Å². The van der Waals surface area contributed by atoms with Gasteiger partial charge < -0.3 is 15.1 Å². The predicted octanol–water partition coefficient (Wildman–Crippen LogP) is 2.32. The largest absolute Gasteiger partial charge is 0.392 e. The third-order valence-corrected chi connectivity index (χ3v) is 9.01. The second kappa shape index (κ2) is 4.61. The average Bonchev–Trinajstić information content (AvgIpc) is 2.96. The average molecular weight is 405 g/mol. The molecule has 7 rings (SSSR count). The Labute approximate surface area is 156 Å². The molecule has 1 aromatic rings. The lowest BCUT2D eigenvalue weighted by Crippen LogP contribution is -2.72. The first-order valence-electron chi connectivity index (χ1n) is 9.67. The molecule has 0 radical (unpaired) electrons. The lowest BCUT2D eigenvalue weighted by molar-refractivity contribution is -0.211. The molecular formula is C20H25BrN2O2. The lowest BCUT2D eigenvalue weighted by atomic mass is 9.62. The van der Waals surface area contributed by atoms with Gasteiger partial charge in [0.2, 0.25) is 0 Å². The van der Waals surface area contributed by atoms with Crippen molar-refractivity contribution in [2.75, 3.05) is 11.9 Å². The topological polar surface area (TPSA) is 46.9 Å². The maximum absolute atomic E-state index is 11.7. The Morgan fingerprint density at radius 1 is 1.28 bits per heavy atom. The normalized spacial score (nSPS) is 54.1. The highest BCUT2D eigenvalue weighted by Gasteiger charge is 2.76. The highest BCUT2D eigenvalue weighted by Crippen LogP contribution is 2.69. The zero-order valence-electron chi connectivity index (χ0n) is 14.6. The van der Waals surface area contributed by atoms with Crippen LogP contribution < -0.4 is 4.90 Å². The van der Waals surface area contributed by atoms with Crippen LogP contribution in [0.25, 0.3) is 0 Å². The van der Waals surface area contributed by atoms with E-state index in [4.69, 9.17) is 0 Å². The number of rotatable bonds is 1. The van der Waals surface area contributed by atoms with Crippen LogP contribution in [0.4, 0.5) is 5.69 Å². The molecule has 4 unspecified atom stereocenters. The monoisotopic (exact) mass is 404 g/mol. The third-order valence-electron chi connectivity index (χ3n) is 8.52. The summed E-state index contributed by atoms with van der Waals surface area (Å²) in [6.07, 6.45) is 2.47. The zero-order valence-corrected chi connectivity index (χ0v) is 16.2. The molecule has 0 aromatic heterocycles. The summed E-state index contributed by atoms with van der Waals surface area (Å²) in [6, 6.07) is 7.50. The van der Waals surface area contributed by atoms with Crippen LogP contribution in [0.2, 0.25) is 0 Å². The van der Waals surface area contributed by atoms with Crippen LogP contribution >= 0.6 is 15.9 Å². The molecule has 10 atom stereocenters. The van der Waals surface area contributed by atoms with Gasteiger partial charge in [0.25, 0.3) is 0 Å². The molecule has 5 fully saturated rings. The molecule has 0 amide bonds. The molecule has 1 spiro atoms. The van der Waals surface area contributed by atoms with Gasteiger partial charge in [0.1, 0.15) is 6.23 Å². The first-order valence-corrected chi connectivity index (χ1v) is 10.5. The van der Waals surface area contributed by atoms with Gasteiger partial charge in [-0.15, -0.1) is 0 Å². The number of benzene rings is 1. The Morgan fingerprint density at radius 3 is 2.84 bits per heavy atom. The summed E-state index contributed by atoms with van der Waals surface area (Å²) in [5, 5.41) is 22.7. The van der Waals surface area contributed by atoms with Crippen LogP contribution in [0, 0.1) is 17.8 Å². The standard InChI is InChI=1S/C20H25BrN2O2/c1-3-10-11-7-14-17-20(12-6-9(21)4-5-13(12)22(17)2)8-15(16(11)18(20)24)23(14)19(10)25/h4-6,10-11,14-19,24-25H,3,7-8H2,1-2H3/t10-,11?,14-,15-,16?,17-,18-,19+,20?/m0/s1. The van der Waals surface area contributed by atoms with Gasteiger partial charge in [0.15, 0.2) is 0 Å². The molecule has 5 heteroatoms. The Bertz CT molecular complexity index is 772. The molecule has 25 heavy (non-hydrogen) atoms. The van der Waals surface area contributed by atoms with E-state index in [0.717, 1.165) is 23.7 Å². The van der Waals surface area contributed by atoms with E-state index in [2.05, 4.69) is 57.9 Å². The number of fused-ring (bicyclic) bond motifs is 2. The number of hydrogen-bond donors (Lipinski definition) is 2. The summed E-state index contributed by atoms with van der Waals surface area (Å²) in [7, 11) is 2.18. The van der Waals surface area contributed by atoms with E-state index in [1.54, 1.807) is 0 Å². The van der Waals surface area contributed by atoms with Crippen LogP contribution in [0.1, 0.15) is 31.7 Å². The number of likely N-dealkylation sites (N-methyl/N-ethyl adjacent to an activating group) is 1. The van der Waals surface area contributed by atoms with Crippen LogP contribution in [0.3, 0.4) is 0 Å². The maximum Gasteiger partial charge on any atom is 0.111 e. The molecular weight excluding hydrogens is 380 g/mol. The minimum Gasteiger partial charge on any atom is -0.392 e. The van der Waals surface area contributed by atoms with Gasteiger partial charge in [0.05, 0.1) is 12.1 Å². The Hall–Kier alpha value is -0.620. The van der Waals surface area contributed by atoms with E-state index in [-0.39, 0.29) is 23.8 Å². The summed E-state index contributed by atoms with van der Waals surface area (Å²) in [5.74, 6) is 1.09. The SMILES string of the molecule is CC[C@H]1C2C[C@H]3[C@@H]4N(C)c5ccc(Br)cc5C45C[C@@H](C2[C@@H]5O)N3[C@@H]1O. The Kier molecular flexibility index (Phi) is 2.85. The third kappa shape index (κ3) is 1.47. The smallest absolute Gasteiger partial charge is 0.111 e. The number of piperidine rings is 4. The first-order chi connectivity index (χ1) is 12.0. The van der Waals surface area contributed by atoms with Crippen LogP contribution in [-0.4, -0.2) is 52.6 Å². The molecule has 5 aliphatic heterocycles. The van der Waals surface area contributed by atoms with Crippen molar-refractivity contribution < 1.29 is 10.2 Å². The van der Waals surface area contributed by atoms with E-state index < -0.39 is 0 Å². The fourth-order valence-corrected chi connectivity index (χ4v) is 8.26. The van der Waals surface area contributed by atoms with E-state index in [1.165, 1.54) is 11.3 Å². The quantitative estimate of drug-likeness (QED) is 0.753. The number of hydrogen-bond acceptors (Lipinski definition) is 4. The highest BCUT2D eigenvalue weighted by atomic mass is 79.9. The van der Waals surface area contributed by atoms with Crippen molar-refractivity contribution in [1.82, 2.24) is 4.90 Å².